The third kappa shape index (κ3) is 4.95. The number of hydrogen-bond acceptors (Lipinski definition) is 2. The minimum atomic E-state index is 0. The van der Waals surface area contributed by atoms with Gasteiger partial charge in [-0.15, -0.1) is 12.4 Å². The molecule has 1 saturated heterocycles. The van der Waals surface area contributed by atoms with Crippen LogP contribution in [0.25, 0.3) is 0 Å². The number of carbonyl (C=O) groups is 1. The van der Waals surface area contributed by atoms with Crippen LogP contribution in [0.15, 0.2) is 60.7 Å². The molecule has 1 saturated carbocycles. The van der Waals surface area contributed by atoms with Crippen LogP contribution in [0.4, 0.5) is 0 Å². The molecule has 4 rings (SSSR count). The van der Waals surface area contributed by atoms with Crippen molar-refractivity contribution in [2.75, 3.05) is 13.1 Å². The lowest BCUT2D eigenvalue weighted by Crippen LogP contribution is -2.34. The molecule has 28 heavy (non-hydrogen) atoms. The van der Waals surface area contributed by atoms with Crippen molar-refractivity contribution >= 4 is 18.3 Å². The van der Waals surface area contributed by atoms with Crippen molar-refractivity contribution < 1.29 is 4.79 Å². The van der Waals surface area contributed by atoms with Crippen molar-refractivity contribution in [1.82, 2.24) is 4.90 Å². The van der Waals surface area contributed by atoms with Gasteiger partial charge < -0.3 is 10.6 Å². The first-order valence-electron chi connectivity index (χ1n) is 10.3. The van der Waals surface area contributed by atoms with E-state index in [9.17, 15) is 4.79 Å². The number of fused-ring (bicyclic) bond motifs is 1. The molecule has 3 atom stereocenters. The van der Waals surface area contributed by atoms with Crippen molar-refractivity contribution in [3.05, 3.63) is 71.8 Å². The van der Waals surface area contributed by atoms with E-state index in [2.05, 4.69) is 53.4 Å². The molecule has 3 unspecified atom stereocenters. The highest BCUT2D eigenvalue weighted by Gasteiger charge is 2.42. The summed E-state index contributed by atoms with van der Waals surface area (Å²) < 4.78 is 0. The first kappa shape index (κ1) is 20.9. The summed E-state index contributed by atoms with van der Waals surface area (Å²) in [5, 5.41) is 0. The van der Waals surface area contributed by atoms with E-state index in [0.717, 1.165) is 32.4 Å². The van der Waals surface area contributed by atoms with Crippen molar-refractivity contribution in [2.24, 2.45) is 23.5 Å². The minimum Gasteiger partial charge on any atom is -0.342 e. The van der Waals surface area contributed by atoms with Crippen molar-refractivity contribution in [1.29, 1.82) is 0 Å². The van der Waals surface area contributed by atoms with E-state index in [1.165, 1.54) is 17.5 Å². The average Bonchev–Trinajstić information content (AvgIpc) is 3.26. The van der Waals surface area contributed by atoms with Gasteiger partial charge in [-0.1, -0.05) is 60.7 Å². The summed E-state index contributed by atoms with van der Waals surface area (Å²) in [6.07, 6.45) is 4.83. The molecule has 0 aromatic heterocycles. The molecule has 2 aromatic carbocycles. The molecule has 0 radical (unpaired) electrons. The van der Waals surface area contributed by atoms with E-state index in [-0.39, 0.29) is 18.4 Å². The number of halogens is 1. The second-order valence-corrected chi connectivity index (χ2v) is 8.41. The molecule has 1 aliphatic carbocycles. The number of amides is 1. The fourth-order valence-corrected chi connectivity index (χ4v) is 5.00. The van der Waals surface area contributed by atoms with Gasteiger partial charge in [-0.2, -0.15) is 0 Å². The Bertz CT molecular complexity index is 710. The monoisotopic (exact) mass is 398 g/mol. The van der Waals surface area contributed by atoms with E-state index in [1.54, 1.807) is 0 Å². The number of likely N-dealkylation sites (tertiary alicyclic amines) is 1. The lowest BCUT2D eigenvalue weighted by molar-refractivity contribution is -0.131. The Morgan fingerprint density at radius 3 is 2.04 bits per heavy atom. The van der Waals surface area contributed by atoms with Gasteiger partial charge in [0.15, 0.2) is 0 Å². The van der Waals surface area contributed by atoms with Gasteiger partial charge in [-0.05, 0) is 54.6 Å². The van der Waals surface area contributed by atoms with Crippen LogP contribution in [-0.4, -0.2) is 29.9 Å². The largest absolute Gasteiger partial charge is 0.342 e. The highest BCUT2D eigenvalue weighted by atomic mass is 35.5. The van der Waals surface area contributed by atoms with Crippen LogP contribution in [0.3, 0.4) is 0 Å². The second-order valence-electron chi connectivity index (χ2n) is 8.41. The first-order chi connectivity index (χ1) is 13.2. The number of hydrogen-bond donors (Lipinski definition) is 1. The molecular formula is C24H31ClN2O. The summed E-state index contributed by atoms with van der Waals surface area (Å²) in [5.74, 6) is 1.80. The van der Waals surface area contributed by atoms with Crippen LogP contribution in [0.5, 0.6) is 0 Å². The highest BCUT2D eigenvalue weighted by Crippen LogP contribution is 2.37. The van der Waals surface area contributed by atoms with Gasteiger partial charge in [0.1, 0.15) is 0 Å². The Kier molecular flexibility index (Phi) is 7.14. The third-order valence-corrected chi connectivity index (χ3v) is 6.46. The highest BCUT2D eigenvalue weighted by molar-refractivity contribution is 5.85. The van der Waals surface area contributed by atoms with Crippen LogP contribution >= 0.6 is 12.4 Å². The lowest BCUT2D eigenvalue weighted by Gasteiger charge is -2.23. The summed E-state index contributed by atoms with van der Waals surface area (Å²) in [7, 11) is 0. The summed E-state index contributed by atoms with van der Waals surface area (Å²) in [4.78, 5) is 15.2. The molecule has 4 heteroatoms. The van der Waals surface area contributed by atoms with E-state index in [0.29, 0.717) is 30.1 Å². The fraction of sp³-hybridized carbons (Fsp3) is 0.458. The van der Waals surface area contributed by atoms with Crippen LogP contribution in [0, 0.1) is 17.8 Å². The van der Waals surface area contributed by atoms with E-state index < -0.39 is 0 Å². The van der Waals surface area contributed by atoms with Gasteiger partial charge in [0, 0.05) is 25.6 Å². The summed E-state index contributed by atoms with van der Waals surface area (Å²) in [6, 6.07) is 21.4. The lowest BCUT2D eigenvalue weighted by atomic mass is 9.89. The molecule has 2 N–H and O–H groups in total. The molecule has 2 aromatic rings. The van der Waals surface area contributed by atoms with E-state index >= 15 is 0 Å². The zero-order valence-corrected chi connectivity index (χ0v) is 17.2. The van der Waals surface area contributed by atoms with Crippen LogP contribution in [-0.2, 0) is 17.6 Å². The van der Waals surface area contributed by atoms with Gasteiger partial charge in [0.05, 0.1) is 0 Å². The molecule has 0 bridgehead atoms. The molecule has 2 aliphatic rings. The SMILES string of the molecule is Cl.NC1CCC2CN(C(=O)CC(Cc3ccccc3)Cc3ccccc3)CC12. The van der Waals surface area contributed by atoms with Gasteiger partial charge >= 0.3 is 0 Å². The normalized spacial score (nSPS) is 23.5. The fourth-order valence-electron chi connectivity index (χ4n) is 5.00. The maximum Gasteiger partial charge on any atom is 0.222 e. The topological polar surface area (TPSA) is 46.3 Å². The maximum atomic E-state index is 13.1. The molecule has 2 fully saturated rings. The van der Waals surface area contributed by atoms with Crippen LogP contribution in [0.2, 0.25) is 0 Å². The van der Waals surface area contributed by atoms with Crippen molar-refractivity contribution in [3.8, 4) is 0 Å². The zero-order valence-electron chi connectivity index (χ0n) is 16.4. The Morgan fingerprint density at radius 1 is 0.929 bits per heavy atom. The Hall–Kier alpha value is -1.84. The number of benzene rings is 2. The van der Waals surface area contributed by atoms with Gasteiger partial charge in [0.2, 0.25) is 5.91 Å². The van der Waals surface area contributed by atoms with Gasteiger partial charge in [-0.25, -0.2) is 0 Å². The predicted molar refractivity (Wildman–Crippen MR) is 116 cm³/mol. The number of nitrogens with two attached hydrogens (primary N) is 1. The number of carbonyl (C=O) groups excluding carboxylic acids is 1. The van der Waals surface area contributed by atoms with E-state index in [4.69, 9.17) is 5.73 Å². The quantitative estimate of drug-likeness (QED) is 0.796. The first-order valence-corrected chi connectivity index (χ1v) is 10.3. The summed E-state index contributed by atoms with van der Waals surface area (Å²) in [6.45, 7) is 1.79. The van der Waals surface area contributed by atoms with E-state index in [1.807, 2.05) is 12.1 Å². The average molecular weight is 399 g/mol. The number of nitrogens with zero attached hydrogens (tertiary/aromatic N) is 1. The third-order valence-electron chi connectivity index (χ3n) is 6.46. The van der Waals surface area contributed by atoms with Crippen molar-refractivity contribution in [3.63, 3.8) is 0 Å². The minimum absolute atomic E-state index is 0. The maximum absolute atomic E-state index is 13.1. The summed E-state index contributed by atoms with van der Waals surface area (Å²) in [5.41, 5.74) is 8.87. The molecular weight excluding hydrogens is 368 g/mol. The van der Waals surface area contributed by atoms with Crippen LogP contribution < -0.4 is 5.73 Å². The predicted octanol–water partition coefficient (Wildman–Crippen LogP) is 4.10. The van der Waals surface area contributed by atoms with Gasteiger partial charge in [-0.3, -0.25) is 4.79 Å². The Labute approximate surface area is 174 Å². The molecule has 150 valence electrons. The van der Waals surface area contributed by atoms with Crippen molar-refractivity contribution in [2.45, 2.75) is 38.1 Å². The second kappa shape index (κ2) is 9.58. The van der Waals surface area contributed by atoms with Gasteiger partial charge in [0.25, 0.3) is 0 Å². The number of rotatable bonds is 6. The molecule has 1 aliphatic heterocycles. The smallest absolute Gasteiger partial charge is 0.222 e. The van der Waals surface area contributed by atoms with Crippen LogP contribution in [0.1, 0.15) is 30.4 Å². The molecule has 1 amide bonds. The zero-order chi connectivity index (χ0) is 18.6. The standard InChI is InChI=1S/C24H30N2O.ClH/c25-23-12-11-21-16-26(17-22(21)23)24(27)15-20(13-18-7-3-1-4-8-18)14-19-9-5-2-6-10-19;/h1-10,20-23H,11-17,25H2;1H. The Morgan fingerprint density at radius 2 is 1.50 bits per heavy atom. The molecule has 3 nitrogen and oxygen atoms in total. The molecule has 0 spiro atoms. The molecule has 1 heterocycles. The Balaban J connectivity index is 0.00000225. The summed E-state index contributed by atoms with van der Waals surface area (Å²) >= 11 is 0.